The van der Waals surface area contributed by atoms with Crippen molar-refractivity contribution in [2.24, 2.45) is 5.92 Å². The molecule has 1 saturated carbocycles. The molecule has 2 rings (SSSR count). The third kappa shape index (κ3) is 3.90. The quantitative estimate of drug-likeness (QED) is 0.633. The maximum Gasteiger partial charge on any atom is 0.0964 e. The fraction of sp³-hybridized carbons (Fsp3) is 0.818. The van der Waals surface area contributed by atoms with Gasteiger partial charge in [0, 0.05) is 25.9 Å². The van der Waals surface area contributed by atoms with Gasteiger partial charge in [-0.15, -0.1) is 5.10 Å². The lowest BCUT2D eigenvalue weighted by molar-refractivity contribution is 0.276. The van der Waals surface area contributed by atoms with E-state index in [4.69, 9.17) is 5.11 Å². The number of aliphatic hydroxyl groups is 1. The van der Waals surface area contributed by atoms with Gasteiger partial charge in [-0.3, -0.25) is 4.68 Å². The Hall–Kier alpha value is -0.940. The van der Waals surface area contributed by atoms with Gasteiger partial charge in [0.25, 0.3) is 0 Å². The second-order valence-electron chi connectivity index (χ2n) is 4.46. The number of aryl methyl sites for hydroxylation is 1. The van der Waals surface area contributed by atoms with Gasteiger partial charge in [0.1, 0.15) is 0 Å². The van der Waals surface area contributed by atoms with Crippen LogP contribution >= 0.6 is 0 Å². The van der Waals surface area contributed by atoms with Crippen molar-refractivity contribution in [2.75, 3.05) is 13.2 Å². The van der Waals surface area contributed by atoms with E-state index in [1.165, 1.54) is 19.3 Å². The molecule has 0 bridgehead atoms. The molecular weight excluding hydrogens is 204 g/mol. The highest BCUT2D eigenvalue weighted by molar-refractivity contribution is 4.91. The molecular formula is C11H20N4O. The Morgan fingerprint density at radius 1 is 1.50 bits per heavy atom. The van der Waals surface area contributed by atoms with E-state index in [9.17, 15) is 0 Å². The number of nitrogens with zero attached hydrogens (tertiary/aromatic N) is 3. The van der Waals surface area contributed by atoms with Gasteiger partial charge in [-0.2, -0.15) is 0 Å². The fourth-order valence-corrected chi connectivity index (χ4v) is 1.69. The minimum Gasteiger partial charge on any atom is -0.396 e. The molecule has 0 saturated heterocycles. The van der Waals surface area contributed by atoms with Crippen LogP contribution in [0.2, 0.25) is 0 Å². The normalized spacial score (nSPS) is 15.6. The SMILES string of the molecule is OCCCn1cc(CNCCC2CC2)nn1. The van der Waals surface area contributed by atoms with Crippen LogP contribution in [0.4, 0.5) is 0 Å². The predicted molar refractivity (Wildman–Crippen MR) is 60.8 cm³/mol. The predicted octanol–water partition coefficient (Wildman–Crippen LogP) is 0.550. The molecule has 0 unspecified atom stereocenters. The molecule has 1 aromatic rings. The average Bonchev–Trinajstić information content (AvgIpc) is 3.01. The molecule has 0 aliphatic heterocycles. The summed E-state index contributed by atoms with van der Waals surface area (Å²) in [6.07, 6.45) is 6.80. The molecule has 5 heteroatoms. The smallest absolute Gasteiger partial charge is 0.0964 e. The molecule has 1 aliphatic carbocycles. The summed E-state index contributed by atoms with van der Waals surface area (Å²) in [5, 5.41) is 20.1. The zero-order valence-electron chi connectivity index (χ0n) is 9.60. The molecule has 2 N–H and O–H groups in total. The van der Waals surface area contributed by atoms with Crippen LogP contribution in [-0.4, -0.2) is 33.3 Å². The van der Waals surface area contributed by atoms with Gasteiger partial charge in [0.2, 0.25) is 0 Å². The highest BCUT2D eigenvalue weighted by atomic mass is 16.3. The van der Waals surface area contributed by atoms with Gasteiger partial charge in [-0.25, -0.2) is 0 Å². The number of hydrogen-bond donors (Lipinski definition) is 2. The number of hydrogen-bond acceptors (Lipinski definition) is 4. The molecule has 1 aromatic heterocycles. The lowest BCUT2D eigenvalue weighted by Crippen LogP contribution is -2.15. The van der Waals surface area contributed by atoms with Gasteiger partial charge in [-0.1, -0.05) is 18.1 Å². The molecule has 1 aliphatic rings. The van der Waals surface area contributed by atoms with Gasteiger partial charge >= 0.3 is 0 Å². The maximum absolute atomic E-state index is 8.69. The summed E-state index contributed by atoms with van der Waals surface area (Å²) < 4.78 is 1.79. The van der Waals surface area contributed by atoms with E-state index < -0.39 is 0 Å². The summed E-state index contributed by atoms with van der Waals surface area (Å²) in [4.78, 5) is 0. The third-order valence-electron chi connectivity index (χ3n) is 2.86. The molecule has 16 heavy (non-hydrogen) atoms. The van der Waals surface area contributed by atoms with Crippen molar-refractivity contribution in [3.8, 4) is 0 Å². The zero-order chi connectivity index (χ0) is 11.2. The molecule has 0 amide bonds. The summed E-state index contributed by atoms with van der Waals surface area (Å²) in [5.41, 5.74) is 0.980. The first-order valence-electron chi connectivity index (χ1n) is 6.09. The monoisotopic (exact) mass is 224 g/mol. The molecule has 1 heterocycles. The Bertz CT molecular complexity index is 309. The van der Waals surface area contributed by atoms with Crippen molar-refractivity contribution in [3.63, 3.8) is 0 Å². The van der Waals surface area contributed by atoms with Crippen LogP contribution in [0, 0.1) is 5.92 Å². The van der Waals surface area contributed by atoms with Crippen LogP contribution in [0.15, 0.2) is 6.20 Å². The van der Waals surface area contributed by atoms with E-state index in [1.54, 1.807) is 4.68 Å². The van der Waals surface area contributed by atoms with E-state index in [0.717, 1.165) is 37.7 Å². The maximum atomic E-state index is 8.69. The second-order valence-corrected chi connectivity index (χ2v) is 4.46. The summed E-state index contributed by atoms with van der Waals surface area (Å²) in [6, 6.07) is 0. The minimum absolute atomic E-state index is 0.203. The Balaban J connectivity index is 1.61. The molecule has 0 radical (unpaired) electrons. The fourth-order valence-electron chi connectivity index (χ4n) is 1.69. The van der Waals surface area contributed by atoms with Crippen molar-refractivity contribution >= 4 is 0 Å². The molecule has 1 fully saturated rings. The average molecular weight is 224 g/mol. The van der Waals surface area contributed by atoms with E-state index in [2.05, 4.69) is 15.6 Å². The third-order valence-corrected chi connectivity index (χ3v) is 2.86. The summed E-state index contributed by atoms with van der Waals surface area (Å²) in [5.74, 6) is 0.979. The molecule has 0 atom stereocenters. The number of aliphatic hydroxyl groups excluding tert-OH is 1. The largest absolute Gasteiger partial charge is 0.396 e. The van der Waals surface area contributed by atoms with Crippen LogP contribution in [0.3, 0.4) is 0 Å². The highest BCUT2D eigenvalue weighted by Crippen LogP contribution is 2.31. The first-order chi connectivity index (χ1) is 7.88. The van der Waals surface area contributed by atoms with Crippen molar-refractivity contribution in [1.29, 1.82) is 0 Å². The van der Waals surface area contributed by atoms with Crippen LogP contribution in [0.5, 0.6) is 0 Å². The van der Waals surface area contributed by atoms with Gasteiger partial charge in [0.15, 0.2) is 0 Å². The minimum atomic E-state index is 0.203. The van der Waals surface area contributed by atoms with Crippen LogP contribution in [0.25, 0.3) is 0 Å². The van der Waals surface area contributed by atoms with Gasteiger partial charge < -0.3 is 10.4 Å². The van der Waals surface area contributed by atoms with Crippen molar-refractivity contribution in [1.82, 2.24) is 20.3 Å². The van der Waals surface area contributed by atoms with Crippen LogP contribution in [0.1, 0.15) is 31.4 Å². The lowest BCUT2D eigenvalue weighted by Gasteiger charge is -2.00. The van der Waals surface area contributed by atoms with E-state index >= 15 is 0 Å². The topological polar surface area (TPSA) is 63.0 Å². The Kier molecular flexibility index (Phi) is 4.30. The number of aromatic nitrogens is 3. The molecule has 0 aromatic carbocycles. The second kappa shape index (κ2) is 5.96. The molecule has 0 spiro atoms. The van der Waals surface area contributed by atoms with Gasteiger partial charge in [0.05, 0.1) is 5.69 Å². The first kappa shape index (κ1) is 11.5. The van der Waals surface area contributed by atoms with Crippen molar-refractivity contribution < 1.29 is 5.11 Å². The number of nitrogens with one attached hydrogen (secondary N) is 1. The molecule has 5 nitrogen and oxygen atoms in total. The highest BCUT2D eigenvalue weighted by Gasteiger charge is 2.19. The number of rotatable bonds is 8. The standard InChI is InChI=1S/C11H20N4O/c16-7-1-6-15-9-11(13-14-15)8-12-5-4-10-2-3-10/h9-10,12,16H,1-8H2. The zero-order valence-corrected chi connectivity index (χ0v) is 9.60. The van der Waals surface area contributed by atoms with Crippen LogP contribution < -0.4 is 5.32 Å². The lowest BCUT2D eigenvalue weighted by atomic mass is 10.3. The van der Waals surface area contributed by atoms with Gasteiger partial charge in [-0.05, 0) is 25.3 Å². The van der Waals surface area contributed by atoms with E-state index in [1.807, 2.05) is 6.20 Å². The summed E-state index contributed by atoms with van der Waals surface area (Å²) >= 11 is 0. The molecule has 90 valence electrons. The van der Waals surface area contributed by atoms with E-state index in [0.29, 0.717) is 0 Å². The van der Waals surface area contributed by atoms with Crippen LogP contribution in [-0.2, 0) is 13.1 Å². The van der Waals surface area contributed by atoms with E-state index in [-0.39, 0.29) is 6.61 Å². The van der Waals surface area contributed by atoms with Crippen molar-refractivity contribution in [2.45, 2.75) is 38.8 Å². The van der Waals surface area contributed by atoms with Crippen molar-refractivity contribution in [3.05, 3.63) is 11.9 Å². The Morgan fingerprint density at radius 2 is 2.38 bits per heavy atom. The first-order valence-corrected chi connectivity index (χ1v) is 6.09. The summed E-state index contributed by atoms with van der Waals surface area (Å²) in [7, 11) is 0. The summed E-state index contributed by atoms with van der Waals surface area (Å²) in [6.45, 7) is 2.82. The Morgan fingerprint density at radius 3 is 3.12 bits per heavy atom. The Labute approximate surface area is 95.8 Å².